The van der Waals surface area contributed by atoms with Crippen LogP contribution in [-0.4, -0.2) is 29.7 Å². The molecule has 26 heavy (non-hydrogen) atoms. The molecule has 4 nitrogen and oxygen atoms in total. The highest BCUT2D eigenvalue weighted by Gasteiger charge is 2.29. The molecule has 0 aliphatic heterocycles. The van der Waals surface area contributed by atoms with Gasteiger partial charge < -0.3 is 9.64 Å². The van der Waals surface area contributed by atoms with Gasteiger partial charge in [-0.2, -0.15) is 13.2 Å². The van der Waals surface area contributed by atoms with Gasteiger partial charge >= 0.3 is 6.18 Å². The van der Waals surface area contributed by atoms with Crippen LogP contribution in [0.15, 0.2) is 36.5 Å². The Bertz CT molecular complexity index is 771. The third kappa shape index (κ3) is 4.97. The fourth-order valence-electron chi connectivity index (χ4n) is 2.58. The number of aromatic nitrogens is 1. The molecule has 0 saturated heterocycles. The minimum absolute atomic E-state index is 0.106. The summed E-state index contributed by atoms with van der Waals surface area (Å²) in [6.07, 6.45) is -3.21. The lowest BCUT2D eigenvalue weighted by Crippen LogP contribution is -2.37. The molecule has 0 N–H and O–H groups in total. The molecule has 0 unspecified atom stereocenters. The largest absolute Gasteiger partial charge is 0.468 e. The highest BCUT2D eigenvalue weighted by atomic mass is 19.4. The van der Waals surface area contributed by atoms with E-state index in [-0.39, 0.29) is 23.4 Å². The Labute approximate surface area is 150 Å². The van der Waals surface area contributed by atoms with E-state index >= 15 is 0 Å². The lowest BCUT2D eigenvalue weighted by molar-refractivity contribution is -0.154. The zero-order valence-corrected chi connectivity index (χ0v) is 15.1. The number of halogens is 3. The Morgan fingerprint density at radius 1 is 1.19 bits per heavy atom. The van der Waals surface area contributed by atoms with E-state index in [1.165, 1.54) is 18.3 Å². The molecule has 0 aliphatic rings. The zero-order valence-electron chi connectivity index (χ0n) is 15.1. The van der Waals surface area contributed by atoms with Gasteiger partial charge in [0.2, 0.25) is 5.88 Å². The number of anilines is 1. The van der Waals surface area contributed by atoms with Crippen molar-refractivity contribution in [2.24, 2.45) is 0 Å². The number of pyridine rings is 1. The maximum atomic E-state index is 12.9. The molecule has 1 heterocycles. The zero-order chi connectivity index (χ0) is 19.5. The van der Waals surface area contributed by atoms with Gasteiger partial charge in [0, 0.05) is 24.0 Å². The number of benzene rings is 1. The molecular formula is C19H21F3N2O2. The highest BCUT2D eigenvalue weighted by molar-refractivity contribution is 6.06. The molecular weight excluding hydrogens is 345 g/mol. The number of amides is 1. The summed E-state index contributed by atoms with van der Waals surface area (Å²) in [5.74, 6) is -0.455. The number of rotatable bonds is 5. The average molecular weight is 366 g/mol. The van der Waals surface area contributed by atoms with Crippen LogP contribution in [0.5, 0.6) is 5.88 Å². The molecule has 2 rings (SSSR count). The molecule has 0 bridgehead atoms. The van der Waals surface area contributed by atoms with Gasteiger partial charge in [0.05, 0.1) is 5.56 Å². The monoisotopic (exact) mass is 366 g/mol. The van der Waals surface area contributed by atoms with Gasteiger partial charge in [-0.15, -0.1) is 0 Å². The first-order valence-corrected chi connectivity index (χ1v) is 8.15. The van der Waals surface area contributed by atoms with Gasteiger partial charge in [-0.3, -0.25) is 4.79 Å². The van der Waals surface area contributed by atoms with Crippen LogP contribution in [0.25, 0.3) is 0 Å². The lowest BCUT2D eigenvalue weighted by atomic mass is 10.1. The van der Waals surface area contributed by atoms with Crippen molar-refractivity contribution in [3.05, 3.63) is 53.2 Å². The van der Waals surface area contributed by atoms with Crippen molar-refractivity contribution >= 4 is 11.6 Å². The number of hydrogen-bond donors (Lipinski definition) is 0. The van der Waals surface area contributed by atoms with Crippen molar-refractivity contribution in [3.8, 4) is 5.88 Å². The van der Waals surface area contributed by atoms with Crippen LogP contribution >= 0.6 is 0 Å². The number of ether oxygens (including phenoxy) is 1. The maximum absolute atomic E-state index is 12.9. The fraction of sp³-hybridized carbons (Fsp3) is 0.368. The second kappa shape index (κ2) is 7.76. The van der Waals surface area contributed by atoms with E-state index < -0.39 is 12.8 Å². The maximum Gasteiger partial charge on any atom is 0.422 e. The van der Waals surface area contributed by atoms with Gasteiger partial charge in [0.25, 0.3) is 5.91 Å². The molecule has 0 atom stereocenters. The van der Waals surface area contributed by atoms with Crippen LogP contribution in [0.2, 0.25) is 0 Å². The first kappa shape index (κ1) is 19.8. The normalized spacial score (nSPS) is 11.5. The summed E-state index contributed by atoms with van der Waals surface area (Å²) in [7, 11) is 0. The molecule has 0 radical (unpaired) electrons. The van der Waals surface area contributed by atoms with Crippen molar-refractivity contribution in [1.82, 2.24) is 4.98 Å². The van der Waals surface area contributed by atoms with Crippen molar-refractivity contribution in [2.45, 2.75) is 39.9 Å². The number of nitrogens with zero attached hydrogens (tertiary/aromatic N) is 2. The molecule has 140 valence electrons. The van der Waals surface area contributed by atoms with Crippen LogP contribution in [0, 0.1) is 13.8 Å². The van der Waals surface area contributed by atoms with Crippen LogP contribution in [0.1, 0.15) is 35.3 Å². The predicted molar refractivity (Wildman–Crippen MR) is 93.6 cm³/mol. The van der Waals surface area contributed by atoms with Gasteiger partial charge in [0.15, 0.2) is 6.61 Å². The molecule has 7 heteroatoms. The third-order valence-corrected chi connectivity index (χ3v) is 3.71. The summed E-state index contributed by atoms with van der Waals surface area (Å²) in [6.45, 7) is 6.27. The number of carbonyl (C=O) groups is 1. The Morgan fingerprint density at radius 2 is 1.88 bits per heavy atom. The minimum atomic E-state index is -4.44. The first-order valence-electron chi connectivity index (χ1n) is 8.15. The number of carbonyl (C=O) groups excluding carboxylic acids is 1. The topological polar surface area (TPSA) is 42.4 Å². The molecule has 0 aliphatic carbocycles. The highest BCUT2D eigenvalue weighted by Crippen LogP contribution is 2.25. The van der Waals surface area contributed by atoms with E-state index in [4.69, 9.17) is 0 Å². The smallest absolute Gasteiger partial charge is 0.422 e. The second-order valence-corrected chi connectivity index (χ2v) is 6.35. The van der Waals surface area contributed by atoms with E-state index in [2.05, 4.69) is 9.72 Å². The van der Waals surface area contributed by atoms with Crippen LogP contribution in [0.4, 0.5) is 18.9 Å². The van der Waals surface area contributed by atoms with E-state index in [0.29, 0.717) is 0 Å². The summed E-state index contributed by atoms with van der Waals surface area (Å²) >= 11 is 0. The lowest BCUT2D eigenvalue weighted by Gasteiger charge is -2.28. The Morgan fingerprint density at radius 3 is 2.38 bits per heavy atom. The van der Waals surface area contributed by atoms with Crippen LogP contribution in [-0.2, 0) is 0 Å². The predicted octanol–water partition coefficient (Wildman–Crippen LogP) is 4.69. The quantitative estimate of drug-likeness (QED) is 0.771. The molecule has 2 aromatic rings. The van der Waals surface area contributed by atoms with Crippen LogP contribution in [0.3, 0.4) is 0 Å². The molecule has 0 fully saturated rings. The number of hydrogen-bond acceptors (Lipinski definition) is 3. The Balaban J connectivity index is 2.24. The molecule has 1 aromatic carbocycles. The van der Waals surface area contributed by atoms with Gasteiger partial charge in [-0.25, -0.2) is 4.98 Å². The van der Waals surface area contributed by atoms with Crippen LogP contribution < -0.4 is 9.64 Å². The fourth-order valence-corrected chi connectivity index (χ4v) is 2.58. The van der Waals surface area contributed by atoms with E-state index in [0.717, 1.165) is 16.8 Å². The SMILES string of the molecule is Cc1ccc(N(C(=O)c2ccc(OCC(F)(F)F)nc2)C(C)C)c(C)c1. The minimum Gasteiger partial charge on any atom is -0.468 e. The first-order chi connectivity index (χ1) is 12.1. The van der Waals surface area contributed by atoms with Crippen molar-refractivity contribution < 1.29 is 22.7 Å². The van der Waals surface area contributed by atoms with E-state index in [1.807, 2.05) is 45.9 Å². The molecule has 1 aromatic heterocycles. The number of alkyl halides is 3. The Kier molecular flexibility index (Phi) is 5.90. The molecule has 0 spiro atoms. The van der Waals surface area contributed by atoms with Crippen molar-refractivity contribution in [1.29, 1.82) is 0 Å². The van der Waals surface area contributed by atoms with Gasteiger partial charge in [0.1, 0.15) is 0 Å². The summed E-state index contributed by atoms with van der Waals surface area (Å²) in [6, 6.07) is 8.38. The third-order valence-electron chi connectivity index (χ3n) is 3.71. The Hall–Kier alpha value is -2.57. The summed E-state index contributed by atoms with van der Waals surface area (Å²) in [4.78, 5) is 18.4. The van der Waals surface area contributed by atoms with Gasteiger partial charge in [-0.1, -0.05) is 17.7 Å². The standard InChI is InChI=1S/C19H21F3N2O2/c1-12(2)24(16-7-5-13(3)9-14(16)4)18(25)15-6-8-17(23-10-15)26-11-19(20,21)22/h5-10,12H,11H2,1-4H3. The van der Waals surface area contributed by atoms with E-state index in [9.17, 15) is 18.0 Å². The number of aryl methyl sites for hydroxylation is 2. The molecule has 1 amide bonds. The average Bonchev–Trinajstić information content (AvgIpc) is 2.54. The summed E-state index contributed by atoms with van der Waals surface area (Å²) < 4.78 is 41.1. The summed E-state index contributed by atoms with van der Waals surface area (Å²) in [5.41, 5.74) is 3.12. The summed E-state index contributed by atoms with van der Waals surface area (Å²) in [5, 5.41) is 0. The van der Waals surface area contributed by atoms with Gasteiger partial charge in [-0.05, 0) is 45.4 Å². The second-order valence-electron chi connectivity index (χ2n) is 6.35. The van der Waals surface area contributed by atoms with E-state index in [1.54, 1.807) is 4.90 Å². The molecule has 0 saturated carbocycles. The van der Waals surface area contributed by atoms with Crippen molar-refractivity contribution in [3.63, 3.8) is 0 Å². The van der Waals surface area contributed by atoms with Crippen molar-refractivity contribution in [2.75, 3.05) is 11.5 Å².